The molecule has 0 bridgehead atoms. The van der Waals surface area contributed by atoms with Gasteiger partial charge in [-0.1, -0.05) is 12.1 Å². The van der Waals surface area contributed by atoms with E-state index in [1.807, 2.05) is 93.5 Å². The van der Waals surface area contributed by atoms with Crippen LogP contribution in [0.25, 0.3) is 0 Å². The summed E-state index contributed by atoms with van der Waals surface area (Å²) in [5, 5.41) is 2.71. The monoisotopic (exact) mass is 520 g/mol. The van der Waals surface area contributed by atoms with Crippen molar-refractivity contribution in [3.63, 3.8) is 0 Å². The van der Waals surface area contributed by atoms with Gasteiger partial charge in [-0.25, -0.2) is 9.59 Å². The molecule has 1 heterocycles. The second-order valence-electron chi connectivity index (χ2n) is 12.3. The molecule has 1 aliphatic rings. The fourth-order valence-corrected chi connectivity index (χ4v) is 3.40. The number of hydrogen-bond donors (Lipinski definition) is 1. The van der Waals surface area contributed by atoms with Crippen LogP contribution in [0, 0.1) is 0 Å². The van der Waals surface area contributed by atoms with E-state index in [4.69, 9.17) is 23.5 Å². The third-order valence-electron chi connectivity index (χ3n) is 5.94. The normalized spacial score (nSPS) is 16.8. The van der Waals surface area contributed by atoms with Crippen LogP contribution in [0.2, 0.25) is 0 Å². The van der Waals surface area contributed by atoms with Gasteiger partial charge >= 0.3 is 19.3 Å². The Morgan fingerprint density at radius 3 is 2.11 bits per heavy atom. The van der Waals surface area contributed by atoms with E-state index < -0.39 is 41.7 Å². The lowest BCUT2D eigenvalue weighted by Crippen LogP contribution is -2.41. The maximum atomic E-state index is 12.8. The predicted octanol–water partition coefficient (Wildman–Crippen LogP) is 4.52. The van der Waals surface area contributed by atoms with Gasteiger partial charge in [-0.3, -0.25) is 0 Å². The fraction of sp³-hybridized carbons (Fsp3) is 0.704. The van der Waals surface area contributed by atoms with Crippen LogP contribution in [0.1, 0.15) is 75.7 Å². The van der Waals surface area contributed by atoms with Crippen LogP contribution in [-0.2, 0) is 18.8 Å². The lowest BCUT2D eigenvalue weighted by atomic mass is 9.79. The van der Waals surface area contributed by atoms with Crippen LogP contribution in [0.15, 0.2) is 24.3 Å². The lowest BCUT2D eigenvalue weighted by molar-refractivity contribution is 0.00578. The lowest BCUT2D eigenvalue weighted by Gasteiger charge is -2.32. The van der Waals surface area contributed by atoms with Gasteiger partial charge in [0.25, 0.3) is 0 Å². The molecule has 1 aromatic carbocycles. The zero-order chi connectivity index (χ0) is 28.1. The number of nitrogens with one attached hydrogen (secondary N) is 1. The highest BCUT2D eigenvalue weighted by Crippen LogP contribution is 2.36. The molecule has 1 saturated heterocycles. The number of rotatable bonds is 9. The number of ether oxygens (including phenoxy) is 3. The summed E-state index contributed by atoms with van der Waals surface area (Å²) in [4.78, 5) is 26.2. The third kappa shape index (κ3) is 10.1. The minimum absolute atomic E-state index is 0.269. The average molecular weight is 520 g/mol. The first-order chi connectivity index (χ1) is 16.9. The van der Waals surface area contributed by atoms with Gasteiger partial charge in [-0.15, -0.1) is 0 Å². The molecule has 0 saturated carbocycles. The second-order valence-corrected chi connectivity index (χ2v) is 12.3. The minimum Gasteiger partial charge on any atom is -0.492 e. The van der Waals surface area contributed by atoms with Crippen molar-refractivity contribution in [2.24, 2.45) is 0 Å². The van der Waals surface area contributed by atoms with E-state index >= 15 is 0 Å². The minimum atomic E-state index is -0.623. The Bertz CT molecular complexity index is 906. The summed E-state index contributed by atoms with van der Waals surface area (Å²) in [6, 6.07) is 7.59. The van der Waals surface area contributed by atoms with Gasteiger partial charge in [-0.05, 0) is 93.3 Å². The van der Waals surface area contributed by atoms with Crippen molar-refractivity contribution in [1.29, 1.82) is 0 Å². The Morgan fingerprint density at radius 2 is 1.54 bits per heavy atom. The molecular weight excluding hydrogens is 475 g/mol. The first-order valence-electron chi connectivity index (χ1n) is 12.9. The van der Waals surface area contributed by atoms with Gasteiger partial charge in [0.05, 0.1) is 17.7 Å². The number of alkyl carbamates (subject to hydrolysis) is 1. The molecule has 10 heteroatoms. The largest absolute Gasteiger partial charge is 0.494 e. The van der Waals surface area contributed by atoms with Crippen LogP contribution in [0.3, 0.4) is 0 Å². The number of nitrogens with zero attached hydrogens (tertiary/aromatic N) is 1. The number of carbonyl (C=O) groups excluding carboxylic acids is 2. The molecule has 0 radical (unpaired) electrons. The van der Waals surface area contributed by atoms with Crippen LogP contribution in [0.4, 0.5) is 9.59 Å². The first kappa shape index (κ1) is 30.8. The molecule has 0 unspecified atom stereocenters. The Morgan fingerprint density at radius 1 is 0.946 bits per heavy atom. The van der Waals surface area contributed by atoms with E-state index in [-0.39, 0.29) is 6.61 Å². The molecule has 9 nitrogen and oxygen atoms in total. The van der Waals surface area contributed by atoms with E-state index in [9.17, 15) is 9.59 Å². The quantitative estimate of drug-likeness (QED) is 0.378. The van der Waals surface area contributed by atoms with Crippen LogP contribution in [-0.4, -0.2) is 72.9 Å². The summed E-state index contributed by atoms with van der Waals surface area (Å²) in [5.74, 6) is 0.656. The van der Waals surface area contributed by atoms with E-state index in [0.29, 0.717) is 31.8 Å². The highest BCUT2D eigenvalue weighted by Gasteiger charge is 2.51. The summed E-state index contributed by atoms with van der Waals surface area (Å²) >= 11 is 0. The fourth-order valence-electron chi connectivity index (χ4n) is 3.40. The van der Waals surface area contributed by atoms with Crippen LogP contribution < -0.4 is 15.5 Å². The molecule has 2 rings (SSSR count). The molecule has 1 N–H and O–H groups in total. The summed E-state index contributed by atoms with van der Waals surface area (Å²) in [7, 11) is -0.482. The Kier molecular flexibility index (Phi) is 9.93. The summed E-state index contributed by atoms with van der Waals surface area (Å²) in [6.45, 7) is 20.3. The SMILES string of the molecule is CC(C)(C)OC(=O)NCCCN(CCOc1cccc(B2OC(C)(C)C(C)(C)O2)c1)C(=O)OC(C)(C)C. The van der Waals surface area contributed by atoms with Crippen molar-refractivity contribution in [1.82, 2.24) is 10.2 Å². The molecule has 208 valence electrons. The van der Waals surface area contributed by atoms with Gasteiger partial charge in [0.15, 0.2) is 0 Å². The molecule has 37 heavy (non-hydrogen) atoms. The molecule has 1 aliphatic heterocycles. The van der Waals surface area contributed by atoms with E-state index in [1.54, 1.807) is 4.90 Å². The number of amides is 2. The zero-order valence-electron chi connectivity index (χ0n) is 24.2. The first-order valence-corrected chi connectivity index (χ1v) is 12.9. The van der Waals surface area contributed by atoms with Gasteiger partial charge < -0.3 is 33.7 Å². The number of carbonyl (C=O) groups is 2. The van der Waals surface area contributed by atoms with Crippen LogP contribution >= 0.6 is 0 Å². The predicted molar refractivity (Wildman–Crippen MR) is 144 cm³/mol. The highest BCUT2D eigenvalue weighted by atomic mass is 16.7. The Balaban J connectivity index is 1.93. The summed E-state index contributed by atoms with van der Waals surface area (Å²) < 4.78 is 29.1. The van der Waals surface area contributed by atoms with Crippen molar-refractivity contribution in [3.8, 4) is 5.75 Å². The van der Waals surface area contributed by atoms with Crippen molar-refractivity contribution in [2.75, 3.05) is 26.2 Å². The molecule has 0 aliphatic carbocycles. The standard InChI is InChI=1S/C27H45BN2O7/c1-24(2,3)34-22(31)29-15-12-16-30(23(32)35-25(4,5)6)17-18-33-21-14-11-13-20(19-21)28-36-26(7,8)27(9,10)37-28/h11,13-14,19H,12,15-18H2,1-10H3,(H,29,31). The number of benzene rings is 1. The molecule has 2 amide bonds. The van der Waals surface area contributed by atoms with Crippen LogP contribution in [0.5, 0.6) is 5.75 Å². The van der Waals surface area contributed by atoms with Gasteiger partial charge in [0.2, 0.25) is 0 Å². The Hall–Kier alpha value is -2.46. The molecule has 0 atom stereocenters. The van der Waals surface area contributed by atoms with Crippen molar-refractivity contribution in [3.05, 3.63) is 24.3 Å². The van der Waals surface area contributed by atoms with E-state index in [2.05, 4.69) is 5.32 Å². The highest BCUT2D eigenvalue weighted by molar-refractivity contribution is 6.62. The van der Waals surface area contributed by atoms with Gasteiger partial charge in [0.1, 0.15) is 23.6 Å². The number of hydrogen-bond acceptors (Lipinski definition) is 7. The molecule has 0 spiro atoms. The topological polar surface area (TPSA) is 95.6 Å². The average Bonchev–Trinajstić information content (AvgIpc) is 2.94. The smallest absolute Gasteiger partial charge is 0.492 e. The van der Waals surface area contributed by atoms with Gasteiger partial charge in [-0.2, -0.15) is 0 Å². The zero-order valence-corrected chi connectivity index (χ0v) is 24.2. The third-order valence-corrected chi connectivity index (χ3v) is 5.94. The summed E-state index contributed by atoms with van der Waals surface area (Å²) in [6.07, 6.45) is -0.378. The summed E-state index contributed by atoms with van der Waals surface area (Å²) in [5.41, 5.74) is -1.18. The molecule has 1 fully saturated rings. The Labute approximate surface area is 222 Å². The maximum Gasteiger partial charge on any atom is 0.494 e. The molecule has 1 aromatic rings. The van der Waals surface area contributed by atoms with Crippen molar-refractivity contribution in [2.45, 2.75) is 98.1 Å². The van der Waals surface area contributed by atoms with Crippen molar-refractivity contribution >= 4 is 24.8 Å². The molecule has 0 aromatic heterocycles. The van der Waals surface area contributed by atoms with Gasteiger partial charge in [0, 0.05) is 13.1 Å². The van der Waals surface area contributed by atoms with E-state index in [1.165, 1.54) is 0 Å². The van der Waals surface area contributed by atoms with E-state index in [0.717, 1.165) is 5.46 Å². The maximum absolute atomic E-state index is 12.8. The second kappa shape index (κ2) is 11.9. The molecular formula is C27H45BN2O7. The van der Waals surface area contributed by atoms with Crippen molar-refractivity contribution < 1.29 is 33.1 Å².